The molecule has 0 saturated carbocycles. The van der Waals surface area contributed by atoms with Crippen molar-refractivity contribution in [1.82, 2.24) is 0 Å². The van der Waals surface area contributed by atoms with Crippen molar-refractivity contribution in [2.45, 2.75) is 0 Å². The molecule has 0 N–H and O–H groups in total. The summed E-state index contributed by atoms with van der Waals surface area (Å²) in [6.45, 7) is 0.00256. The fourth-order valence-electron chi connectivity index (χ4n) is 11.0. The summed E-state index contributed by atoms with van der Waals surface area (Å²) in [7, 11) is -2.95. The van der Waals surface area contributed by atoms with Crippen LogP contribution in [-0.4, -0.2) is 14.8 Å². The summed E-state index contributed by atoms with van der Waals surface area (Å²) in [6.07, 6.45) is 0. The molecule has 13 rings (SSSR count). The van der Waals surface area contributed by atoms with E-state index >= 15 is 0 Å². The van der Waals surface area contributed by atoms with Gasteiger partial charge in [0.1, 0.15) is 0 Å². The van der Waals surface area contributed by atoms with Gasteiger partial charge in [0.05, 0.1) is 0 Å². The number of fused-ring (bicyclic) bond motifs is 11. The van der Waals surface area contributed by atoms with Gasteiger partial charge >= 0.3 is 0 Å². The van der Waals surface area contributed by atoms with Crippen LogP contribution in [0.3, 0.4) is 0 Å². The van der Waals surface area contributed by atoms with Gasteiger partial charge < -0.3 is 14.7 Å². The Morgan fingerprint density at radius 3 is 1.30 bits per heavy atom. The second-order valence-corrected chi connectivity index (χ2v) is 20.7. The average molecular weight is 818 g/mol. The average Bonchev–Trinajstić information content (AvgIpc) is 3.35. The lowest BCUT2D eigenvalue weighted by Gasteiger charge is -2.45. The van der Waals surface area contributed by atoms with Gasteiger partial charge in [0.2, 0.25) is 0 Å². The first-order valence-electron chi connectivity index (χ1n) is 21.9. The minimum absolute atomic E-state index is 0.00256. The van der Waals surface area contributed by atoms with E-state index in [1.165, 1.54) is 70.7 Å². The van der Waals surface area contributed by atoms with Crippen molar-refractivity contribution in [2.24, 2.45) is 0 Å². The van der Waals surface area contributed by atoms with Crippen LogP contribution in [0.1, 0.15) is 0 Å². The maximum Gasteiger partial charge on any atom is 0.252 e. The molecule has 0 aliphatic carbocycles. The zero-order valence-corrected chi connectivity index (χ0v) is 35.5. The number of rotatable bonds is 4. The van der Waals surface area contributed by atoms with Crippen LogP contribution in [0.15, 0.2) is 243 Å². The predicted octanol–water partition coefficient (Wildman–Crippen LogP) is 10.1. The summed E-state index contributed by atoms with van der Waals surface area (Å²) in [5.74, 6) is 0. The van der Waals surface area contributed by atoms with E-state index in [4.69, 9.17) is 0 Å². The molecule has 0 unspecified atom stereocenters. The Kier molecular flexibility index (Phi) is 8.02. The summed E-state index contributed by atoms with van der Waals surface area (Å²) < 4.78 is 0. The van der Waals surface area contributed by atoms with Gasteiger partial charge in [0, 0.05) is 51.2 Å². The molecule has 3 aliphatic heterocycles. The highest BCUT2D eigenvalue weighted by molar-refractivity contribution is 7.20. The first-order valence-corrected chi connectivity index (χ1v) is 23.9. The van der Waals surface area contributed by atoms with Gasteiger partial charge in [0.25, 0.3) is 6.71 Å². The summed E-state index contributed by atoms with van der Waals surface area (Å²) in [5.41, 5.74) is 14.4. The Bertz CT molecular complexity index is 3340. The fraction of sp³-hybridized carbons (Fsp3) is 0. The molecule has 3 aliphatic rings. The molecule has 0 fully saturated rings. The first-order chi connectivity index (χ1) is 31.3. The van der Waals surface area contributed by atoms with Crippen molar-refractivity contribution < 1.29 is 0 Å². The molecular formula is C58H40BN3Si. The predicted molar refractivity (Wildman–Crippen MR) is 270 cm³/mol. The fourth-order valence-corrected chi connectivity index (χ4v) is 15.8. The second kappa shape index (κ2) is 14.1. The van der Waals surface area contributed by atoms with E-state index in [0.717, 1.165) is 28.4 Å². The smallest absolute Gasteiger partial charge is 0.252 e. The third-order valence-electron chi connectivity index (χ3n) is 13.6. The summed E-state index contributed by atoms with van der Waals surface area (Å²) in [4.78, 5) is 7.52. The van der Waals surface area contributed by atoms with Gasteiger partial charge in [-0.05, 0) is 127 Å². The van der Waals surface area contributed by atoms with Gasteiger partial charge in [0.15, 0.2) is 8.07 Å². The van der Waals surface area contributed by atoms with E-state index in [2.05, 4.69) is 257 Å². The lowest BCUT2D eigenvalue weighted by Crippen LogP contribution is -2.74. The van der Waals surface area contributed by atoms with Crippen molar-refractivity contribution in [3.63, 3.8) is 0 Å². The van der Waals surface area contributed by atoms with Crippen LogP contribution < -0.4 is 51.8 Å². The Hall–Kier alpha value is -7.86. The number of para-hydroxylation sites is 2. The van der Waals surface area contributed by atoms with E-state index in [1.807, 2.05) is 0 Å². The highest BCUT2D eigenvalue weighted by Crippen LogP contribution is 2.46. The standard InChI is InChI=1S/C58H40BN3Si/c1-5-20-43(21-6-1)60-45-24-15-30-50(38-45)63(48-26-9-3-10-27-48,49-28-11-4-12-29-49)51-31-16-25-46(39-51)62-55-33-17-32-54-58(55)59(52-35-34-47(60)40-57(52)62)53-36-41-18-13-14-19-42(41)37-56(53)61(54)44-22-7-2-8-23-44/h1-40H. The number of hydrogen-bond donors (Lipinski definition) is 0. The molecule has 0 spiro atoms. The van der Waals surface area contributed by atoms with E-state index < -0.39 is 8.07 Å². The number of benzene rings is 10. The maximum atomic E-state index is 2.57. The van der Waals surface area contributed by atoms with Crippen molar-refractivity contribution >= 4 is 114 Å². The van der Waals surface area contributed by atoms with Crippen LogP contribution in [0.25, 0.3) is 10.8 Å². The molecule has 10 aromatic rings. The maximum absolute atomic E-state index is 2.95. The number of hydrogen-bond acceptors (Lipinski definition) is 3. The largest absolute Gasteiger partial charge is 0.311 e. The monoisotopic (exact) mass is 817 g/mol. The highest BCUT2D eigenvalue weighted by atomic mass is 28.3. The zero-order chi connectivity index (χ0) is 41.5. The van der Waals surface area contributed by atoms with Crippen LogP contribution in [0.4, 0.5) is 51.2 Å². The van der Waals surface area contributed by atoms with Gasteiger partial charge in [-0.25, -0.2) is 0 Å². The number of nitrogens with zero attached hydrogens (tertiary/aromatic N) is 3. The molecule has 0 aromatic heterocycles. The Morgan fingerprint density at radius 2 is 0.698 bits per heavy atom. The molecule has 0 atom stereocenters. The van der Waals surface area contributed by atoms with E-state index in [-0.39, 0.29) is 6.71 Å². The summed E-state index contributed by atoms with van der Waals surface area (Å²) >= 11 is 0. The SMILES string of the molecule is c1ccc(N2c3cccc(c3)[Si](c3ccccc3)(c3ccccc3)c3cccc(c3)N3c4cc2ccc4B2c4cc5ccccc5cc4N(c4ccccc4)c4cccc3c42)cc1. The second-order valence-electron chi connectivity index (χ2n) is 16.9. The van der Waals surface area contributed by atoms with Crippen molar-refractivity contribution in [3.8, 4) is 0 Å². The molecule has 3 heterocycles. The van der Waals surface area contributed by atoms with Crippen LogP contribution in [0.5, 0.6) is 0 Å². The normalized spacial score (nSPS) is 14.0. The van der Waals surface area contributed by atoms with Crippen molar-refractivity contribution in [1.29, 1.82) is 0 Å². The minimum atomic E-state index is -2.95. The molecule has 0 saturated heterocycles. The first kappa shape index (κ1) is 35.9. The highest BCUT2D eigenvalue weighted by Gasteiger charge is 2.46. The van der Waals surface area contributed by atoms with Gasteiger partial charge in [-0.3, -0.25) is 0 Å². The summed E-state index contributed by atoms with van der Waals surface area (Å²) in [5, 5.41) is 7.87. The molecular weight excluding hydrogens is 778 g/mol. The van der Waals surface area contributed by atoms with Gasteiger partial charge in [-0.15, -0.1) is 0 Å². The Balaban J connectivity index is 1.17. The van der Waals surface area contributed by atoms with Crippen molar-refractivity contribution in [3.05, 3.63) is 243 Å². The quantitative estimate of drug-likeness (QED) is 0.164. The molecule has 0 amide bonds. The van der Waals surface area contributed by atoms with Crippen molar-refractivity contribution in [2.75, 3.05) is 14.7 Å². The molecule has 0 radical (unpaired) electrons. The third kappa shape index (κ3) is 5.33. The van der Waals surface area contributed by atoms with Crippen LogP contribution in [-0.2, 0) is 0 Å². The molecule has 10 aromatic carbocycles. The molecule has 5 heteroatoms. The number of anilines is 9. The molecule has 63 heavy (non-hydrogen) atoms. The minimum Gasteiger partial charge on any atom is -0.311 e. The zero-order valence-electron chi connectivity index (χ0n) is 34.5. The molecule has 294 valence electrons. The van der Waals surface area contributed by atoms with E-state index in [1.54, 1.807) is 0 Å². The Labute approximate surface area is 369 Å². The van der Waals surface area contributed by atoms with Crippen LogP contribution in [0, 0.1) is 0 Å². The van der Waals surface area contributed by atoms with Gasteiger partial charge in [-0.1, -0.05) is 164 Å². The third-order valence-corrected chi connectivity index (χ3v) is 18.4. The Morgan fingerprint density at radius 1 is 0.270 bits per heavy atom. The lowest BCUT2D eigenvalue weighted by atomic mass is 9.33. The molecule has 3 nitrogen and oxygen atoms in total. The van der Waals surface area contributed by atoms with E-state index in [9.17, 15) is 0 Å². The topological polar surface area (TPSA) is 9.72 Å². The van der Waals surface area contributed by atoms with E-state index in [0.29, 0.717) is 0 Å². The van der Waals surface area contributed by atoms with Crippen LogP contribution >= 0.6 is 0 Å². The molecule has 6 bridgehead atoms. The lowest BCUT2D eigenvalue weighted by molar-refractivity contribution is 1.24. The summed E-state index contributed by atoms with van der Waals surface area (Å²) in [6, 6.07) is 91.1. The van der Waals surface area contributed by atoms with Gasteiger partial charge in [-0.2, -0.15) is 0 Å². The van der Waals surface area contributed by atoms with Crippen LogP contribution in [0.2, 0.25) is 0 Å².